The number of para-hydroxylation sites is 1. The molecule has 1 N–H and O–H groups in total. The Bertz CT molecular complexity index is 822. The van der Waals surface area contributed by atoms with Gasteiger partial charge in [-0.1, -0.05) is 35.9 Å². The summed E-state index contributed by atoms with van der Waals surface area (Å²) in [4.78, 5) is 23.6. The number of aryl methyl sites for hydroxylation is 1. The topological polar surface area (TPSA) is 82.1 Å². The largest absolute Gasteiger partial charge is 0.504 e. The van der Waals surface area contributed by atoms with Gasteiger partial charge < -0.3 is 19.3 Å². The van der Waals surface area contributed by atoms with Crippen LogP contribution >= 0.6 is 0 Å². The Morgan fingerprint density at radius 3 is 2.40 bits per heavy atom. The summed E-state index contributed by atoms with van der Waals surface area (Å²) in [5.74, 6) is -2.05. The second kappa shape index (κ2) is 8.01. The summed E-state index contributed by atoms with van der Waals surface area (Å²) in [5, 5.41) is 10.2. The minimum atomic E-state index is -0.718. The number of rotatable bonds is 5. The fourth-order valence-electron chi connectivity index (χ4n) is 2.14. The number of methoxy groups -OCH3 is 2. The Balaban J connectivity index is 2.42. The Morgan fingerprint density at radius 2 is 1.76 bits per heavy atom. The van der Waals surface area contributed by atoms with Crippen LogP contribution in [0.5, 0.6) is 11.5 Å². The molecule has 6 heteroatoms. The van der Waals surface area contributed by atoms with Crippen LogP contribution in [0.25, 0.3) is 6.08 Å². The molecule has 0 atom stereocenters. The van der Waals surface area contributed by atoms with Crippen LogP contribution in [-0.2, 0) is 14.3 Å². The van der Waals surface area contributed by atoms with Gasteiger partial charge in [-0.2, -0.15) is 0 Å². The first-order chi connectivity index (χ1) is 12.0. The number of carbonyl (C=O) groups excluding carboxylic acids is 2. The molecular formula is C19H18O6. The zero-order valence-corrected chi connectivity index (χ0v) is 14.1. The van der Waals surface area contributed by atoms with Crippen LogP contribution in [0.4, 0.5) is 0 Å². The minimum absolute atomic E-state index is 0.0628. The van der Waals surface area contributed by atoms with E-state index in [1.807, 2.05) is 25.1 Å². The smallest absolute Gasteiger partial charge is 0.373 e. The third-order valence-corrected chi connectivity index (χ3v) is 3.35. The third kappa shape index (κ3) is 4.38. The number of phenols is 1. The van der Waals surface area contributed by atoms with Gasteiger partial charge in [0.25, 0.3) is 0 Å². The van der Waals surface area contributed by atoms with E-state index in [9.17, 15) is 14.7 Å². The second-order valence-corrected chi connectivity index (χ2v) is 5.16. The molecule has 0 saturated heterocycles. The normalized spacial score (nSPS) is 10.9. The summed E-state index contributed by atoms with van der Waals surface area (Å²) in [6, 6.07) is 11.7. The quantitative estimate of drug-likeness (QED) is 0.511. The van der Waals surface area contributed by atoms with E-state index in [2.05, 4.69) is 4.74 Å². The molecule has 0 bridgehead atoms. The molecule has 2 aromatic carbocycles. The van der Waals surface area contributed by atoms with E-state index in [4.69, 9.17) is 9.47 Å². The maximum atomic E-state index is 12.0. The van der Waals surface area contributed by atoms with E-state index in [1.54, 1.807) is 6.07 Å². The van der Waals surface area contributed by atoms with Crippen LogP contribution in [0.15, 0.2) is 48.2 Å². The van der Waals surface area contributed by atoms with Crippen LogP contribution in [0.1, 0.15) is 21.5 Å². The summed E-state index contributed by atoms with van der Waals surface area (Å²) >= 11 is 0. The number of ether oxygens (including phenoxy) is 3. The fourth-order valence-corrected chi connectivity index (χ4v) is 2.14. The van der Waals surface area contributed by atoms with Crippen molar-refractivity contribution in [3.05, 3.63) is 64.9 Å². The first-order valence-corrected chi connectivity index (χ1v) is 7.41. The van der Waals surface area contributed by atoms with Crippen molar-refractivity contribution in [2.75, 3.05) is 14.2 Å². The molecule has 0 radical (unpaired) electrons. The number of benzene rings is 2. The highest BCUT2D eigenvalue weighted by Gasteiger charge is 2.19. The highest BCUT2D eigenvalue weighted by atomic mass is 16.6. The number of phenolic OH excluding ortho intramolecular Hbond substituents is 1. The molecule has 2 aromatic rings. The van der Waals surface area contributed by atoms with Crippen LogP contribution in [-0.4, -0.2) is 31.3 Å². The monoisotopic (exact) mass is 342 g/mol. The summed E-state index contributed by atoms with van der Waals surface area (Å²) < 4.78 is 14.8. The van der Waals surface area contributed by atoms with Crippen molar-refractivity contribution in [2.45, 2.75) is 6.92 Å². The summed E-state index contributed by atoms with van der Waals surface area (Å²) in [5.41, 5.74) is 1.66. The molecule has 0 fully saturated rings. The van der Waals surface area contributed by atoms with E-state index in [0.717, 1.165) is 11.1 Å². The molecular weight excluding hydrogens is 324 g/mol. The molecule has 130 valence electrons. The van der Waals surface area contributed by atoms with Gasteiger partial charge in [-0.15, -0.1) is 0 Å². The van der Waals surface area contributed by atoms with Gasteiger partial charge in [0.05, 0.1) is 14.2 Å². The predicted molar refractivity (Wildman–Crippen MR) is 91.2 cm³/mol. The number of carbonyl (C=O) groups is 2. The van der Waals surface area contributed by atoms with Crippen LogP contribution in [0.3, 0.4) is 0 Å². The third-order valence-electron chi connectivity index (χ3n) is 3.35. The SMILES string of the molecule is COC(=O)/C(=C\c1cccc(C)c1)Oc1cccc(C(=O)OC)c1O. The van der Waals surface area contributed by atoms with E-state index in [0.29, 0.717) is 0 Å². The maximum Gasteiger partial charge on any atom is 0.373 e. The average molecular weight is 342 g/mol. The summed E-state index contributed by atoms with van der Waals surface area (Å²) in [7, 11) is 2.42. The summed E-state index contributed by atoms with van der Waals surface area (Å²) in [6.45, 7) is 1.92. The molecule has 25 heavy (non-hydrogen) atoms. The molecule has 0 aliphatic carbocycles. The number of hydrogen-bond acceptors (Lipinski definition) is 6. The number of hydrogen-bond donors (Lipinski definition) is 1. The molecule has 0 aliphatic heterocycles. The molecule has 0 spiro atoms. The number of aromatic hydroxyl groups is 1. The first kappa shape index (κ1) is 18.1. The van der Waals surface area contributed by atoms with E-state index < -0.39 is 17.7 Å². The van der Waals surface area contributed by atoms with Crippen molar-refractivity contribution in [2.24, 2.45) is 0 Å². The molecule has 0 aromatic heterocycles. The standard InChI is InChI=1S/C19H18O6/c1-12-6-4-7-13(10-12)11-16(19(22)24-3)25-15-9-5-8-14(17(15)20)18(21)23-2/h4-11,20H,1-3H3/b16-11+. The van der Waals surface area contributed by atoms with Gasteiger partial charge in [0.15, 0.2) is 11.5 Å². The fraction of sp³-hybridized carbons (Fsp3) is 0.158. The molecule has 0 amide bonds. The molecule has 0 heterocycles. The lowest BCUT2D eigenvalue weighted by molar-refractivity contribution is -0.138. The van der Waals surface area contributed by atoms with Crippen molar-refractivity contribution < 1.29 is 28.9 Å². The van der Waals surface area contributed by atoms with Gasteiger partial charge in [-0.3, -0.25) is 0 Å². The maximum absolute atomic E-state index is 12.0. The molecule has 0 aliphatic rings. The van der Waals surface area contributed by atoms with Crippen molar-refractivity contribution in [3.63, 3.8) is 0 Å². The lowest BCUT2D eigenvalue weighted by atomic mass is 10.1. The van der Waals surface area contributed by atoms with Crippen molar-refractivity contribution >= 4 is 18.0 Å². The zero-order valence-electron chi connectivity index (χ0n) is 14.1. The highest BCUT2D eigenvalue weighted by molar-refractivity contribution is 5.94. The molecule has 0 saturated carbocycles. The highest BCUT2D eigenvalue weighted by Crippen LogP contribution is 2.32. The van der Waals surface area contributed by atoms with E-state index in [-0.39, 0.29) is 17.1 Å². The Morgan fingerprint density at radius 1 is 1.04 bits per heavy atom. The Kier molecular flexibility index (Phi) is 5.79. The second-order valence-electron chi connectivity index (χ2n) is 5.16. The first-order valence-electron chi connectivity index (χ1n) is 7.41. The van der Waals surface area contributed by atoms with Gasteiger partial charge in [0, 0.05) is 0 Å². The van der Waals surface area contributed by atoms with Crippen LogP contribution < -0.4 is 4.74 Å². The van der Waals surface area contributed by atoms with Crippen molar-refractivity contribution in [1.82, 2.24) is 0 Å². The van der Waals surface area contributed by atoms with Gasteiger partial charge in [0.2, 0.25) is 5.76 Å². The van der Waals surface area contributed by atoms with Gasteiger partial charge >= 0.3 is 11.9 Å². The van der Waals surface area contributed by atoms with E-state index >= 15 is 0 Å². The van der Waals surface area contributed by atoms with Gasteiger partial charge in [-0.05, 0) is 30.7 Å². The van der Waals surface area contributed by atoms with Crippen LogP contribution in [0.2, 0.25) is 0 Å². The zero-order chi connectivity index (χ0) is 18.4. The lowest BCUT2D eigenvalue weighted by Crippen LogP contribution is -2.11. The van der Waals surface area contributed by atoms with E-state index in [1.165, 1.54) is 38.5 Å². The van der Waals surface area contributed by atoms with Crippen molar-refractivity contribution in [3.8, 4) is 11.5 Å². The molecule has 2 rings (SSSR count). The Labute approximate surface area is 145 Å². The minimum Gasteiger partial charge on any atom is -0.504 e. The Hall–Kier alpha value is -3.28. The molecule has 6 nitrogen and oxygen atoms in total. The predicted octanol–water partition coefficient (Wildman–Crippen LogP) is 3.08. The number of esters is 2. The van der Waals surface area contributed by atoms with Gasteiger partial charge in [-0.25, -0.2) is 9.59 Å². The van der Waals surface area contributed by atoms with Crippen LogP contribution in [0, 0.1) is 6.92 Å². The molecule has 0 unspecified atom stereocenters. The lowest BCUT2D eigenvalue weighted by Gasteiger charge is -2.12. The van der Waals surface area contributed by atoms with Crippen molar-refractivity contribution in [1.29, 1.82) is 0 Å². The summed E-state index contributed by atoms with van der Waals surface area (Å²) in [6.07, 6.45) is 1.49. The van der Waals surface area contributed by atoms with Gasteiger partial charge in [0.1, 0.15) is 5.56 Å². The average Bonchev–Trinajstić information content (AvgIpc) is 2.61.